The summed E-state index contributed by atoms with van der Waals surface area (Å²) in [6.45, 7) is 0.462. The van der Waals surface area contributed by atoms with E-state index in [0.29, 0.717) is 37.4 Å². The van der Waals surface area contributed by atoms with Gasteiger partial charge in [0.2, 0.25) is 5.91 Å². The van der Waals surface area contributed by atoms with Crippen LogP contribution in [0, 0.1) is 0 Å². The number of aromatic nitrogens is 2. The molecule has 2 heterocycles. The van der Waals surface area contributed by atoms with Crippen LogP contribution in [0.3, 0.4) is 0 Å². The Kier molecular flexibility index (Phi) is 6.30. The van der Waals surface area contributed by atoms with Crippen molar-refractivity contribution in [1.82, 2.24) is 15.5 Å². The number of nitrogens with zero attached hydrogens (tertiary/aromatic N) is 2. The third kappa shape index (κ3) is 5.50. The third-order valence-corrected chi connectivity index (χ3v) is 3.85. The maximum Gasteiger partial charge on any atom is 0.273 e. The minimum absolute atomic E-state index is 0.0935. The molecular formula is C20H20N4O3. The molecule has 0 spiro atoms. The first kappa shape index (κ1) is 18.3. The summed E-state index contributed by atoms with van der Waals surface area (Å²) in [5, 5.41) is 9.32. The van der Waals surface area contributed by atoms with Gasteiger partial charge in [-0.1, -0.05) is 41.6 Å². The number of carbonyl (C=O) groups excluding carboxylic acids is 2. The molecule has 0 aliphatic heterocycles. The molecule has 27 heavy (non-hydrogen) atoms. The van der Waals surface area contributed by atoms with E-state index < -0.39 is 0 Å². The van der Waals surface area contributed by atoms with E-state index in [1.165, 1.54) is 0 Å². The van der Waals surface area contributed by atoms with Gasteiger partial charge in [-0.05, 0) is 25.0 Å². The average Bonchev–Trinajstić information content (AvgIpc) is 3.19. The van der Waals surface area contributed by atoms with Crippen LogP contribution in [0.25, 0.3) is 11.3 Å². The molecule has 0 atom stereocenters. The molecule has 7 heteroatoms. The summed E-state index contributed by atoms with van der Waals surface area (Å²) in [6.07, 6.45) is 3.34. The predicted octanol–water partition coefficient (Wildman–Crippen LogP) is 3.28. The summed E-state index contributed by atoms with van der Waals surface area (Å²) in [4.78, 5) is 28.0. The molecule has 138 valence electrons. The summed E-state index contributed by atoms with van der Waals surface area (Å²) < 4.78 is 5.22. The topological polar surface area (TPSA) is 97.1 Å². The predicted molar refractivity (Wildman–Crippen MR) is 101 cm³/mol. The average molecular weight is 364 g/mol. The van der Waals surface area contributed by atoms with Gasteiger partial charge in [0.15, 0.2) is 11.5 Å². The Morgan fingerprint density at radius 3 is 2.59 bits per heavy atom. The van der Waals surface area contributed by atoms with Crippen LogP contribution in [-0.2, 0) is 4.79 Å². The zero-order valence-corrected chi connectivity index (χ0v) is 14.7. The second-order valence-electron chi connectivity index (χ2n) is 5.92. The highest BCUT2D eigenvalue weighted by molar-refractivity contribution is 5.93. The number of benzene rings is 1. The van der Waals surface area contributed by atoms with Crippen LogP contribution < -0.4 is 10.6 Å². The van der Waals surface area contributed by atoms with Crippen LogP contribution in [0.1, 0.15) is 29.8 Å². The first-order valence-electron chi connectivity index (χ1n) is 8.73. The molecule has 0 saturated heterocycles. The number of pyridine rings is 1. The second-order valence-corrected chi connectivity index (χ2v) is 5.92. The molecule has 3 rings (SSSR count). The molecule has 2 aromatic heterocycles. The zero-order chi connectivity index (χ0) is 18.9. The van der Waals surface area contributed by atoms with Gasteiger partial charge in [-0.15, -0.1) is 0 Å². The molecule has 0 aliphatic rings. The molecule has 1 aromatic carbocycles. The van der Waals surface area contributed by atoms with Gasteiger partial charge in [-0.3, -0.25) is 9.59 Å². The minimum Gasteiger partial charge on any atom is -0.355 e. The van der Waals surface area contributed by atoms with Crippen molar-refractivity contribution in [3.05, 3.63) is 66.5 Å². The molecule has 0 saturated carbocycles. The van der Waals surface area contributed by atoms with Crippen molar-refractivity contribution in [2.24, 2.45) is 0 Å². The SMILES string of the molecule is O=C(CCCCNC(=O)c1cc(-c2ccccc2)on1)Nc1ccccn1. The number of rotatable bonds is 8. The lowest BCUT2D eigenvalue weighted by molar-refractivity contribution is -0.116. The first-order chi connectivity index (χ1) is 13.2. The number of hydrogen-bond acceptors (Lipinski definition) is 5. The smallest absolute Gasteiger partial charge is 0.273 e. The Labute approximate surface area is 156 Å². The van der Waals surface area contributed by atoms with Gasteiger partial charge in [0, 0.05) is 30.8 Å². The zero-order valence-electron chi connectivity index (χ0n) is 14.7. The molecule has 3 aromatic rings. The standard InChI is InChI=1S/C20H20N4O3/c25-19(23-18-10-4-6-12-21-18)11-5-7-13-22-20(26)16-14-17(27-24-16)15-8-2-1-3-9-15/h1-4,6,8-10,12,14H,5,7,11,13H2,(H,22,26)(H,21,23,25). The van der Waals surface area contributed by atoms with Crippen molar-refractivity contribution in [1.29, 1.82) is 0 Å². The maximum absolute atomic E-state index is 12.1. The largest absolute Gasteiger partial charge is 0.355 e. The number of amides is 2. The highest BCUT2D eigenvalue weighted by Gasteiger charge is 2.13. The van der Waals surface area contributed by atoms with E-state index in [0.717, 1.165) is 5.56 Å². The molecule has 2 N–H and O–H groups in total. The van der Waals surface area contributed by atoms with Gasteiger partial charge in [-0.2, -0.15) is 0 Å². The van der Waals surface area contributed by atoms with Gasteiger partial charge >= 0.3 is 0 Å². The van der Waals surface area contributed by atoms with Crippen molar-refractivity contribution in [2.45, 2.75) is 19.3 Å². The summed E-state index contributed by atoms with van der Waals surface area (Å²) in [5.74, 6) is 0.700. The first-order valence-corrected chi connectivity index (χ1v) is 8.73. The molecule has 0 radical (unpaired) electrons. The second kappa shape index (κ2) is 9.28. The number of anilines is 1. The summed E-state index contributed by atoms with van der Waals surface area (Å²) in [6, 6.07) is 16.4. The van der Waals surface area contributed by atoms with Crippen LogP contribution in [0.15, 0.2) is 65.3 Å². The van der Waals surface area contributed by atoms with E-state index in [2.05, 4.69) is 20.8 Å². The molecule has 0 unspecified atom stereocenters. The van der Waals surface area contributed by atoms with Gasteiger partial charge < -0.3 is 15.2 Å². The third-order valence-electron chi connectivity index (χ3n) is 3.85. The lowest BCUT2D eigenvalue weighted by Gasteiger charge is -2.04. The number of unbranched alkanes of at least 4 members (excludes halogenated alkanes) is 1. The van der Waals surface area contributed by atoms with E-state index in [1.54, 1.807) is 24.4 Å². The highest BCUT2D eigenvalue weighted by Crippen LogP contribution is 2.19. The minimum atomic E-state index is -0.293. The quantitative estimate of drug-likeness (QED) is 0.598. The fourth-order valence-electron chi connectivity index (χ4n) is 2.47. The Balaban J connectivity index is 1.36. The van der Waals surface area contributed by atoms with Crippen LogP contribution in [0.2, 0.25) is 0 Å². The van der Waals surface area contributed by atoms with E-state index in [9.17, 15) is 9.59 Å². The van der Waals surface area contributed by atoms with Gasteiger partial charge in [0.05, 0.1) is 0 Å². The molecule has 0 aliphatic carbocycles. The lowest BCUT2D eigenvalue weighted by Crippen LogP contribution is -2.25. The highest BCUT2D eigenvalue weighted by atomic mass is 16.5. The fraction of sp³-hybridized carbons (Fsp3) is 0.200. The van der Waals surface area contributed by atoms with E-state index >= 15 is 0 Å². The van der Waals surface area contributed by atoms with Crippen molar-refractivity contribution in [3.63, 3.8) is 0 Å². The van der Waals surface area contributed by atoms with Crippen molar-refractivity contribution in [3.8, 4) is 11.3 Å². The molecule has 0 fully saturated rings. The summed E-state index contributed by atoms with van der Waals surface area (Å²) in [7, 11) is 0. The summed E-state index contributed by atoms with van der Waals surface area (Å²) in [5.41, 5.74) is 1.10. The van der Waals surface area contributed by atoms with Crippen molar-refractivity contribution in [2.75, 3.05) is 11.9 Å². The molecule has 7 nitrogen and oxygen atoms in total. The maximum atomic E-state index is 12.1. The summed E-state index contributed by atoms with van der Waals surface area (Å²) >= 11 is 0. The number of carbonyl (C=O) groups is 2. The number of hydrogen-bond donors (Lipinski definition) is 2. The number of nitrogens with one attached hydrogen (secondary N) is 2. The van der Waals surface area contributed by atoms with Crippen molar-refractivity contribution >= 4 is 17.6 Å². The van der Waals surface area contributed by atoms with Crippen LogP contribution in [0.5, 0.6) is 0 Å². The van der Waals surface area contributed by atoms with Crippen LogP contribution >= 0.6 is 0 Å². The molecule has 2 amide bonds. The van der Waals surface area contributed by atoms with Gasteiger partial charge in [0.1, 0.15) is 5.82 Å². The molecule has 0 bridgehead atoms. The monoisotopic (exact) mass is 364 g/mol. The Bertz CT molecular complexity index is 879. The fourth-order valence-corrected chi connectivity index (χ4v) is 2.47. The van der Waals surface area contributed by atoms with Crippen LogP contribution in [0.4, 0.5) is 5.82 Å². The van der Waals surface area contributed by atoms with Crippen molar-refractivity contribution < 1.29 is 14.1 Å². The van der Waals surface area contributed by atoms with E-state index in [4.69, 9.17) is 4.52 Å². The Morgan fingerprint density at radius 1 is 1.00 bits per heavy atom. The Hall–Kier alpha value is -3.48. The lowest BCUT2D eigenvalue weighted by atomic mass is 10.1. The molecular weight excluding hydrogens is 344 g/mol. The Morgan fingerprint density at radius 2 is 1.81 bits per heavy atom. The van der Waals surface area contributed by atoms with E-state index in [1.807, 2.05) is 36.4 Å². The normalized spacial score (nSPS) is 10.4. The van der Waals surface area contributed by atoms with Crippen LogP contribution in [-0.4, -0.2) is 28.5 Å². The van der Waals surface area contributed by atoms with Gasteiger partial charge in [0.25, 0.3) is 5.91 Å². The van der Waals surface area contributed by atoms with Gasteiger partial charge in [-0.25, -0.2) is 4.98 Å². The van der Waals surface area contributed by atoms with E-state index in [-0.39, 0.29) is 17.5 Å².